The van der Waals surface area contributed by atoms with Gasteiger partial charge >= 0.3 is 0 Å². The zero-order chi connectivity index (χ0) is 25.1. The first-order valence-electron chi connectivity index (χ1n) is 10.7. The molecule has 1 fully saturated rings. The summed E-state index contributed by atoms with van der Waals surface area (Å²) in [5, 5.41) is 4.72. The first-order valence-corrected chi connectivity index (χ1v) is 14.5. The molecular weight excluding hydrogens is 512 g/mol. The van der Waals surface area contributed by atoms with Gasteiger partial charge in [0.1, 0.15) is 5.75 Å². The number of aromatic nitrogens is 1. The van der Waals surface area contributed by atoms with Gasteiger partial charge in [0.15, 0.2) is 5.13 Å². The molecule has 4 rings (SSSR count). The van der Waals surface area contributed by atoms with Crippen LogP contribution in [0.25, 0.3) is 0 Å². The monoisotopic (exact) mass is 536 g/mol. The topological polar surface area (TPSA) is 135 Å². The summed E-state index contributed by atoms with van der Waals surface area (Å²) in [5.74, 6) is -0.0175. The molecule has 186 valence electrons. The minimum atomic E-state index is -3.78. The zero-order valence-electron chi connectivity index (χ0n) is 18.7. The van der Waals surface area contributed by atoms with Gasteiger partial charge in [-0.15, -0.1) is 11.3 Å². The number of nitrogens with zero attached hydrogens (tertiary/aromatic N) is 2. The second kappa shape index (κ2) is 10.3. The fraction of sp³-hybridized carbons (Fsp3) is 0.273. The van der Waals surface area contributed by atoms with E-state index in [0.29, 0.717) is 24.3 Å². The third-order valence-corrected chi connectivity index (χ3v) is 9.69. The molecular formula is C22H24N4O6S3. The summed E-state index contributed by atoms with van der Waals surface area (Å²) in [7, 11) is -5.92. The number of piperidine rings is 1. The third kappa shape index (κ3) is 5.81. The minimum Gasteiger partial charge on any atom is -0.497 e. The summed E-state index contributed by atoms with van der Waals surface area (Å²) in [4.78, 5) is 16.9. The number of thiazole rings is 1. The Hall–Kier alpha value is -3.00. The molecule has 1 amide bonds. The molecule has 0 saturated carbocycles. The van der Waals surface area contributed by atoms with Crippen LogP contribution in [0, 0.1) is 5.92 Å². The van der Waals surface area contributed by atoms with Gasteiger partial charge in [-0.05, 0) is 61.4 Å². The lowest BCUT2D eigenvalue weighted by Crippen LogP contribution is -2.41. The lowest BCUT2D eigenvalue weighted by Gasteiger charge is -2.30. The van der Waals surface area contributed by atoms with Crippen LogP contribution in [-0.2, 0) is 24.8 Å². The number of benzene rings is 2. The number of amides is 1. The fourth-order valence-electron chi connectivity index (χ4n) is 3.66. The SMILES string of the molecule is COc1ccc(S(=O)(=O)N2CCC(C(=O)Nc3ccc(S(=O)(=O)Nc4nccs4)cc3)CC2)cc1. The molecule has 0 aliphatic carbocycles. The highest BCUT2D eigenvalue weighted by Gasteiger charge is 2.32. The summed E-state index contributed by atoms with van der Waals surface area (Å²) in [6.45, 7) is 0.456. The Labute approximate surface area is 208 Å². The van der Waals surface area contributed by atoms with E-state index in [1.807, 2.05) is 0 Å². The van der Waals surface area contributed by atoms with Crippen LogP contribution in [0.4, 0.5) is 10.8 Å². The standard InChI is InChI=1S/C22H24N4O6S3/c1-32-18-4-8-20(9-5-18)35(30,31)26-13-10-16(11-14-26)21(27)24-17-2-6-19(7-3-17)34(28,29)25-22-23-12-15-33-22/h2-9,12,15-16H,10-11,13-14H2,1H3,(H,23,25)(H,24,27). The van der Waals surface area contributed by atoms with Crippen molar-refractivity contribution in [3.8, 4) is 5.75 Å². The van der Waals surface area contributed by atoms with Crippen molar-refractivity contribution in [2.45, 2.75) is 22.6 Å². The first-order chi connectivity index (χ1) is 16.7. The van der Waals surface area contributed by atoms with Crippen LogP contribution >= 0.6 is 11.3 Å². The molecule has 2 aromatic carbocycles. The lowest BCUT2D eigenvalue weighted by atomic mass is 9.97. The second-order valence-corrected chi connectivity index (χ2v) is 12.3. The van der Waals surface area contributed by atoms with E-state index in [4.69, 9.17) is 4.74 Å². The number of rotatable bonds is 8. The molecule has 1 saturated heterocycles. The molecule has 10 nitrogen and oxygen atoms in total. The van der Waals surface area contributed by atoms with Gasteiger partial charge in [-0.25, -0.2) is 21.8 Å². The quantitative estimate of drug-likeness (QED) is 0.452. The van der Waals surface area contributed by atoms with E-state index in [1.54, 1.807) is 17.5 Å². The molecule has 0 atom stereocenters. The van der Waals surface area contributed by atoms with Gasteiger partial charge in [0.25, 0.3) is 10.0 Å². The number of anilines is 2. The number of carbonyl (C=O) groups excluding carboxylic acids is 1. The Balaban J connectivity index is 1.33. The van der Waals surface area contributed by atoms with Crippen LogP contribution < -0.4 is 14.8 Å². The maximum absolute atomic E-state index is 12.9. The molecule has 3 aromatic rings. The average Bonchev–Trinajstić information content (AvgIpc) is 3.37. The van der Waals surface area contributed by atoms with Crippen molar-refractivity contribution < 1.29 is 26.4 Å². The maximum atomic E-state index is 12.9. The molecule has 2 heterocycles. The lowest BCUT2D eigenvalue weighted by molar-refractivity contribution is -0.120. The third-order valence-electron chi connectivity index (χ3n) is 5.61. The van der Waals surface area contributed by atoms with Crippen LogP contribution in [0.1, 0.15) is 12.8 Å². The Morgan fingerprint density at radius 2 is 1.63 bits per heavy atom. The number of ether oxygens (including phenoxy) is 1. The van der Waals surface area contributed by atoms with Crippen molar-refractivity contribution in [2.24, 2.45) is 5.92 Å². The number of sulfonamides is 2. The highest BCUT2D eigenvalue weighted by molar-refractivity contribution is 7.93. The number of hydrogen-bond donors (Lipinski definition) is 2. The Kier molecular flexibility index (Phi) is 7.40. The molecule has 13 heteroatoms. The van der Waals surface area contributed by atoms with Gasteiger partial charge < -0.3 is 10.1 Å². The zero-order valence-corrected chi connectivity index (χ0v) is 21.2. The van der Waals surface area contributed by atoms with Gasteiger partial charge in [-0.1, -0.05) is 0 Å². The van der Waals surface area contributed by atoms with E-state index in [1.165, 1.54) is 65.3 Å². The smallest absolute Gasteiger partial charge is 0.263 e. The number of carbonyl (C=O) groups is 1. The van der Waals surface area contributed by atoms with E-state index in [9.17, 15) is 21.6 Å². The van der Waals surface area contributed by atoms with Crippen LogP contribution in [0.3, 0.4) is 0 Å². The van der Waals surface area contributed by atoms with Crippen LogP contribution in [0.2, 0.25) is 0 Å². The Morgan fingerprint density at radius 3 is 2.20 bits per heavy atom. The minimum absolute atomic E-state index is 0.0442. The van der Waals surface area contributed by atoms with Gasteiger partial charge in [0.05, 0.1) is 16.9 Å². The van der Waals surface area contributed by atoms with E-state index >= 15 is 0 Å². The van der Waals surface area contributed by atoms with Gasteiger partial charge in [-0.2, -0.15) is 4.31 Å². The number of nitrogens with one attached hydrogen (secondary N) is 2. The normalized spacial score (nSPS) is 15.5. The molecule has 2 N–H and O–H groups in total. The fourth-order valence-corrected chi connectivity index (χ4v) is 6.92. The molecule has 1 aliphatic heterocycles. The molecule has 1 aliphatic rings. The Morgan fingerprint density at radius 1 is 1.00 bits per heavy atom. The van der Waals surface area contributed by atoms with Crippen molar-refractivity contribution in [3.05, 3.63) is 60.1 Å². The summed E-state index contributed by atoms with van der Waals surface area (Å²) in [6, 6.07) is 12.0. The van der Waals surface area contributed by atoms with Crippen LogP contribution in [0.5, 0.6) is 5.75 Å². The molecule has 1 aromatic heterocycles. The average molecular weight is 537 g/mol. The van der Waals surface area contributed by atoms with Crippen molar-refractivity contribution in [1.82, 2.24) is 9.29 Å². The molecule has 0 radical (unpaired) electrons. The van der Waals surface area contributed by atoms with Crippen molar-refractivity contribution in [3.63, 3.8) is 0 Å². The number of hydrogen-bond acceptors (Lipinski definition) is 8. The summed E-state index contributed by atoms with van der Waals surface area (Å²) in [6.07, 6.45) is 2.26. The predicted octanol–water partition coefficient (Wildman–Crippen LogP) is 2.99. The van der Waals surface area contributed by atoms with Gasteiger partial charge in [0, 0.05) is 36.3 Å². The number of methoxy groups -OCH3 is 1. The molecule has 0 spiro atoms. The molecule has 35 heavy (non-hydrogen) atoms. The van der Waals surface area contributed by atoms with Crippen molar-refractivity contribution in [2.75, 3.05) is 30.2 Å². The van der Waals surface area contributed by atoms with E-state index < -0.39 is 20.0 Å². The van der Waals surface area contributed by atoms with Crippen LogP contribution in [-0.4, -0.2) is 52.2 Å². The van der Waals surface area contributed by atoms with Crippen molar-refractivity contribution in [1.29, 1.82) is 0 Å². The summed E-state index contributed by atoms with van der Waals surface area (Å²) in [5.41, 5.74) is 0.455. The second-order valence-electron chi connectivity index (χ2n) is 7.81. The highest BCUT2D eigenvalue weighted by atomic mass is 32.2. The predicted molar refractivity (Wildman–Crippen MR) is 132 cm³/mol. The van der Waals surface area contributed by atoms with E-state index in [2.05, 4.69) is 15.0 Å². The first kappa shape index (κ1) is 25.1. The van der Waals surface area contributed by atoms with Crippen molar-refractivity contribution >= 4 is 48.1 Å². The van der Waals surface area contributed by atoms with Gasteiger partial charge in [-0.3, -0.25) is 9.52 Å². The molecule has 0 bridgehead atoms. The summed E-state index contributed by atoms with van der Waals surface area (Å²) >= 11 is 1.17. The summed E-state index contributed by atoms with van der Waals surface area (Å²) < 4.78 is 59.5. The Bertz CT molecular complexity index is 1370. The van der Waals surface area contributed by atoms with Gasteiger partial charge in [0.2, 0.25) is 15.9 Å². The maximum Gasteiger partial charge on any atom is 0.263 e. The van der Waals surface area contributed by atoms with E-state index in [-0.39, 0.29) is 39.8 Å². The van der Waals surface area contributed by atoms with Crippen LogP contribution in [0.15, 0.2) is 69.9 Å². The van der Waals surface area contributed by atoms with E-state index in [0.717, 1.165) is 0 Å². The largest absolute Gasteiger partial charge is 0.497 e. The molecule has 0 unspecified atom stereocenters. The highest BCUT2D eigenvalue weighted by Crippen LogP contribution is 2.26.